The molecule has 0 bridgehead atoms. The molecule has 2 rings (SSSR count). The van der Waals surface area contributed by atoms with Crippen molar-refractivity contribution in [1.82, 2.24) is 10.2 Å². The molecule has 98 valence electrons. The van der Waals surface area contributed by atoms with Crippen molar-refractivity contribution in [3.8, 4) is 0 Å². The quantitative estimate of drug-likeness (QED) is 0.887. The van der Waals surface area contributed by atoms with E-state index in [1.165, 1.54) is 11.1 Å². The van der Waals surface area contributed by atoms with Gasteiger partial charge in [0, 0.05) is 24.7 Å². The van der Waals surface area contributed by atoms with Crippen LogP contribution in [0.5, 0.6) is 0 Å². The first-order valence-electron chi connectivity index (χ1n) is 6.77. The summed E-state index contributed by atoms with van der Waals surface area (Å²) in [4.78, 5) is 14.5. The Labute approximate surface area is 109 Å². The van der Waals surface area contributed by atoms with Gasteiger partial charge in [-0.3, -0.25) is 4.79 Å². The second kappa shape index (κ2) is 5.53. The number of hydrogen-bond acceptors (Lipinski definition) is 2. The fourth-order valence-corrected chi connectivity index (χ4v) is 2.63. The zero-order chi connectivity index (χ0) is 13.1. The van der Waals surface area contributed by atoms with Gasteiger partial charge in [-0.1, -0.05) is 12.1 Å². The molecule has 0 atom stereocenters. The van der Waals surface area contributed by atoms with Crippen LogP contribution in [0.15, 0.2) is 18.2 Å². The lowest BCUT2D eigenvalue weighted by Gasteiger charge is -2.28. The summed E-state index contributed by atoms with van der Waals surface area (Å²) in [5.41, 5.74) is 3.40. The van der Waals surface area contributed by atoms with Gasteiger partial charge in [0.2, 0.25) is 0 Å². The third-order valence-electron chi connectivity index (χ3n) is 3.60. The average Bonchev–Trinajstić information content (AvgIpc) is 2.38. The lowest BCUT2D eigenvalue weighted by molar-refractivity contribution is 0.0715. The predicted molar refractivity (Wildman–Crippen MR) is 73.7 cm³/mol. The van der Waals surface area contributed by atoms with E-state index >= 15 is 0 Å². The molecule has 0 aliphatic carbocycles. The number of rotatable bonds is 3. The van der Waals surface area contributed by atoms with Crippen molar-refractivity contribution in [1.29, 1.82) is 0 Å². The minimum atomic E-state index is 0.172. The molecular formula is C15H22N2O. The maximum Gasteiger partial charge on any atom is 0.254 e. The van der Waals surface area contributed by atoms with Gasteiger partial charge in [-0.25, -0.2) is 0 Å². The molecule has 1 aliphatic heterocycles. The molecule has 0 unspecified atom stereocenters. The second-order valence-corrected chi connectivity index (χ2v) is 5.05. The Bertz CT molecular complexity index is 440. The molecule has 0 spiro atoms. The van der Waals surface area contributed by atoms with E-state index in [4.69, 9.17) is 0 Å². The third kappa shape index (κ3) is 2.41. The molecule has 3 heteroatoms. The fourth-order valence-electron chi connectivity index (χ4n) is 2.63. The zero-order valence-electron chi connectivity index (χ0n) is 11.5. The second-order valence-electron chi connectivity index (χ2n) is 5.05. The molecular weight excluding hydrogens is 224 g/mol. The summed E-state index contributed by atoms with van der Waals surface area (Å²) in [6.45, 7) is 8.78. The normalized spacial score (nSPS) is 14.4. The molecule has 1 heterocycles. The van der Waals surface area contributed by atoms with Crippen molar-refractivity contribution in [3.63, 3.8) is 0 Å². The van der Waals surface area contributed by atoms with Gasteiger partial charge < -0.3 is 10.2 Å². The van der Waals surface area contributed by atoms with E-state index < -0.39 is 0 Å². The zero-order valence-corrected chi connectivity index (χ0v) is 11.5. The van der Waals surface area contributed by atoms with E-state index in [2.05, 4.69) is 25.2 Å². The van der Waals surface area contributed by atoms with E-state index in [1.807, 2.05) is 24.0 Å². The smallest absolute Gasteiger partial charge is 0.254 e. The van der Waals surface area contributed by atoms with Crippen molar-refractivity contribution in [2.75, 3.05) is 13.1 Å². The molecule has 1 aromatic rings. The number of nitrogens with zero attached hydrogens (tertiary/aromatic N) is 1. The molecule has 1 amide bonds. The first-order valence-corrected chi connectivity index (χ1v) is 6.77. The summed E-state index contributed by atoms with van der Waals surface area (Å²) in [5, 5.41) is 3.35. The number of nitrogens with one attached hydrogen (secondary N) is 1. The maximum absolute atomic E-state index is 12.6. The van der Waals surface area contributed by atoms with Crippen LogP contribution < -0.4 is 5.32 Å². The highest BCUT2D eigenvalue weighted by atomic mass is 16.2. The van der Waals surface area contributed by atoms with Crippen LogP contribution in [0.25, 0.3) is 0 Å². The van der Waals surface area contributed by atoms with E-state index in [1.54, 1.807) is 0 Å². The summed E-state index contributed by atoms with van der Waals surface area (Å²) in [7, 11) is 0. The van der Waals surface area contributed by atoms with Crippen molar-refractivity contribution >= 4 is 5.91 Å². The Morgan fingerprint density at radius 2 is 2.22 bits per heavy atom. The Kier molecular flexibility index (Phi) is 4.02. The molecule has 3 nitrogen and oxygen atoms in total. The van der Waals surface area contributed by atoms with Gasteiger partial charge in [-0.05, 0) is 50.9 Å². The average molecular weight is 246 g/mol. The largest absolute Gasteiger partial charge is 0.336 e. The highest BCUT2D eigenvalue weighted by Gasteiger charge is 2.22. The molecule has 1 aromatic carbocycles. The molecule has 0 radical (unpaired) electrons. The molecule has 0 saturated carbocycles. The Morgan fingerprint density at radius 1 is 1.44 bits per heavy atom. The van der Waals surface area contributed by atoms with Crippen LogP contribution in [0.2, 0.25) is 0 Å². The van der Waals surface area contributed by atoms with Gasteiger partial charge in [0.1, 0.15) is 0 Å². The van der Waals surface area contributed by atoms with E-state index in [-0.39, 0.29) is 11.9 Å². The van der Waals surface area contributed by atoms with Gasteiger partial charge in [0.15, 0.2) is 0 Å². The van der Waals surface area contributed by atoms with Crippen LogP contribution in [-0.4, -0.2) is 29.9 Å². The number of benzene rings is 1. The van der Waals surface area contributed by atoms with Crippen LogP contribution in [0.3, 0.4) is 0 Å². The first-order chi connectivity index (χ1) is 8.65. The molecule has 0 aromatic heterocycles. The van der Waals surface area contributed by atoms with Crippen LogP contribution >= 0.6 is 0 Å². The number of carbonyl (C=O) groups is 1. The number of carbonyl (C=O) groups excluding carboxylic acids is 1. The van der Waals surface area contributed by atoms with Crippen molar-refractivity contribution < 1.29 is 4.79 Å². The summed E-state index contributed by atoms with van der Waals surface area (Å²) < 4.78 is 0. The minimum Gasteiger partial charge on any atom is -0.336 e. The van der Waals surface area contributed by atoms with Gasteiger partial charge in [0.05, 0.1) is 0 Å². The molecule has 18 heavy (non-hydrogen) atoms. The van der Waals surface area contributed by atoms with Gasteiger partial charge in [-0.15, -0.1) is 0 Å². The SMILES string of the molecule is CCN(C(=O)c1cccc2c1CCNC2)C(C)C. The van der Waals surface area contributed by atoms with Crippen molar-refractivity contribution in [2.24, 2.45) is 0 Å². The van der Waals surface area contributed by atoms with Crippen LogP contribution in [0, 0.1) is 0 Å². The molecule has 0 saturated heterocycles. The van der Waals surface area contributed by atoms with E-state index in [0.717, 1.165) is 31.6 Å². The molecule has 1 aliphatic rings. The van der Waals surface area contributed by atoms with Crippen molar-refractivity contribution in [3.05, 3.63) is 34.9 Å². The summed E-state index contributed by atoms with van der Waals surface area (Å²) in [6.07, 6.45) is 0.951. The molecule has 0 fully saturated rings. The summed E-state index contributed by atoms with van der Waals surface area (Å²) in [6, 6.07) is 6.33. The minimum absolute atomic E-state index is 0.172. The predicted octanol–water partition coefficient (Wildman–Crippen LogP) is 2.20. The van der Waals surface area contributed by atoms with Crippen LogP contribution in [0.4, 0.5) is 0 Å². The topological polar surface area (TPSA) is 32.3 Å². The summed E-state index contributed by atoms with van der Waals surface area (Å²) >= 11 is 0. The highest BCUT2D eigenvalue weighted by molar-refractivity contribution is 5.96. The Morgan fingerprint density at radius 3 is 2.89 bits per heavy atom. The number of fused-ring (bicyclic) bond motifs is 1. The van der Waals surface area contributed by atoms with Crippen molar-refractivity contribution in [2.45, 2.75) is 39.8 Å². The highest BCUT2D eigenvalue weighted by Crippen LogP contribution is 2.20. The first kappa shape index (κ1) is 13.1. The lowest BCUT2D eigenvalue weighted by Crippen LogP contribution is -2.38. The van der Waals surface area contributed by atoms with Gasteiger partial charge >= 0.3 is 0 Å². The van der Waals surface area contributed by atoms with E-state index in [0.29, 0.717) is 0 Å². The standard InChI is InChI=1S/C15H22N2O/c1-4-17(11(2)3)15(18)14-7-5-6-12-10-16-9-8-13(12)14/h5-7,11,16H,4,8-10H2,1-3H3. The monoisotopic (exact) mass is 246 g/mol. The third-order valence-corrected chi connectivity index (χ3v) is 3.60. The lowest BCUT2D eigenvalue weighted by atomic mass is 9.94. The van der Waals surface area contributed by atoms with E-state index in [9.17, 15) is 4.79 Å². The summed E-state index contributed by atoms with van der Waals surface area (Å²) in [5.74, 6) is 0.172. The Balaban J connectivity index is 2.36. The maximum atomic E-state index is 12.6. The van der Waals surface area contributed by atoms with Crippen LogP contribution in [0.1, 0.15) is 42.3 Å². The fraction of sp³-hybridized carbons (Fsp3) is 0.533. The van der Waals surface area contributed by atoms with Gasteiger partial charge in [-0.2, -0.15) is 0 Å². The number of amides is 1. The number of hydrogen-bond donors (Lipinski definition) is 1. The molecule has 1 N–H and O–H groups in total. The van der Waals surface area contributed by atoms with Crippen LogP contribution in [-0.2, 0) is 13.0 Å². The van der Waals surface area contributed by atoms with Gasteiger partial charge in [0.25, 0.3) is 5.91 Å². The Hall–Kier alpha value is -1.35.